The molecule has 3 N–H and O–H groups in total. The number of nitrogens with one attached hydrogen (secondary N) is 2. The predicted octanol–water partition coefficient (Wildman–Crippen LogP) is 6.26. The molecule has 7 aliphatic rings. The monoisotopic (exact) mass is 1020 g/mol. The van der Waals surface area contributed by atoms with E-state index in [-0.39, 0.29) is 75.4 Å². The molecule has 6 aliphatic heterocycles. The highest BCUT2D eigenvalue weighted by molar-refractivity contribution is 6.04. The highest BCUT2D eigenvalue weighted by Gasteiger charge is 2.49. The molecule has 4 unspecified atom stereocenters. The van der Waals surface area contributed by atoms with Crippen molar-refractivity contribution >= 4 is 56.1 Å². The quantitative estimate of drug-likeness (QED) is 0.110. The molecule has 6 aromatic rings. The first-order valence-corrected chi connectivity index (χ1v) is 26.9. The minimum absolute atomic E-state index is 0.00272. The number of pyridine rings is 1. The third-order valence-electron chi connectivity index (χ3n) is 18.0. The van der Waals surface area contributed by atoms with Gasteiger partial charge in [0.05, 0.1) is 34.6 Å². The summed E-state index contributed by atoms with van der Waals surface area (Å²) < 4.78 is 40.6. The molecular formula is C57H61F2N11O5. The SMILES string of the molecule is C#Cc1c(F)ccc2cc(O)cc(-c3ncc4c(N5CC6CCC(C5)N6)nc(OC5CCN(CC(=O)N6CCC7(CC6)CC(N6CCC(c8ccc9c(C%10CCC(=O)NC%10=O)nn(C)c9c8)CC6)C7)C5)nc4c3F)c12. The predicted molar refractivity (Wildman–Crippen MR) is 278 cm³/mol. The van der Waals surface area contributed by atoms with Crippen LogP contribution >= 0.6 is 0 Å². The Hall–Kier alpha value is -6.81. The number of benzene rings is 3. The number of amides is 3. The number of piperazine rings is 1. The summed E-state index contributed by atoms with van der Waals surface area (Å²) >= 11 is 0. The highest BCUT2D eigenvalue weighted by Crippen LogP contribution is 2.52. The van der Waals surface area contributed by atoms with Crippen molar-refractivity contribution in [2.24, 2.45) is 12.5 Å². The van der Waals surface area contributed by atoms with Gasteiger partial charge >= 0.3 is 6.01 Å². The average molecular weight is 1020 g/mol. The van der Waals surface area contributed by atoms with Gasteiger partial charge < -0.3 is 29.9 Å². The van der Waals surface area contributed by atoms with Gasteiger partial charge in [0.1, 0.15) is 34.7 Å². The summed E-state index contributed by atoms with van der Waals surface area (Å²) in [6, 6.07) is 13.2. The second-order valence-electron chi connectivity index (χ2n) is 22.5. The molecule has 7 fully saturated rings. The maximum Gasteiger partial charge on any atom is 0.319 e. The van der Waals surface area contributed by atoms with Gasteiger partial charge in [-0.05, 0) is 124 Å². The van der Waals surface area contributed by atoms with Gasteiger partial charge in [-0.15, -0.1) is 6.42 Å². The van der Waals surface area contributed by atoms with Crippen LogP contribution in [0.25, 0.3) is 43.8 Å². The van der Waals surface area contributed by atoms with E-state index in [0.29, 0.717) is 86.0 Å². The Labute approximate surface area is 433 Å². The summed E-state index contributed by atoms with van der Waals surface area (Å²) in [6.07, 6.45) is 17.1. The Morgan fingerprint density at radius 2 is 1.71 bits per heavy atom. The van der Waals surface area contributed by atoms with E-state index in [4.69, 9.17) is 21.2 Å². The van der Waals surface area contributed by atoms with Crippen molar-refractivity contribution in [1.29, 1.82) is 0 Å². The van der Waals surface area contributed by atoms with Gasteiger partial charge in [-0.3, -0.25) is 34.3 Å². The fourth-order valence-corrected chi connectivity index (χ4v) is 13.9. The molecule has 3 amide bonds. The number of aromatic hydroxyl groups is 1. The molecule has 75 heavy (non-hydrogen) atoms. The van der Waals surface area contributed by atoms with E-state index >= 15 is 8.78 Å². The summed E-state index contributed by atoms with van der Waals surface area (Å²) in [5.74, 6) is 1.08. The summed E-state index contributed by atoms with van der Waals surface area (Å²) in [5, 5.41) is 23.7. The lowest BCUT2D eigenvalue weighted by molar-refractivity contribution is -0.137. The van der Waals surface area contributed by atoms with Crippen molar-refractivity contribution < 1.29 is 33.0 Å². The summed E-state index contributed by atoms with van der Waals surface area (Å²) in [4.78, 5) is 61.4. The largest absolute Gasteiger partial charge is 0.508 e. The molecule has 1 saturated carbocycles. The number of phenolic OH excluding ortho intramolecular Hbond substituents is 1. The molecule has 4 atom stereocenters. The number of ether oxygens (including phenoxy) is 1. The van der Waals surface area contributed by atoms with Crippen molar-refractivity contribution in [3.05, 3.63) is 77.1 Å². The number of aryl methyl sites for hydroxylation is 1. The maximum absolute atomic E-state index is 17.2. The van der Waals surface area contributed by atoms with Crippen LogP contribution in [0.3, 0.4) is 0 Å². The zero-order valence-electron chi connectivity index (χ0n) is 42.2. The first-order chi connectivity index (χ1) is 36.4. The highest BCUT2D eigenvalue weighted by atomic mass is 19.1. The number of hydrogen-bond acceptors (Lipinski definition) is 13. The van der Waals surface area contributed by atoms with E-state index in [9.17, 15) is 19.5 Å². The van der Waals surface area contributed by atoms with Crippen molar-refractivity contribution in [3.8, 4) is 35.4 Å². The van der Waals surface area contributed by atoms with Gasteiger partial charge in [-0.25, -0.2) is 8.78 Å². The summed E-state index contributed by atoms with van der Waals surface area (Å²) in [5.41, 5.74) is 3.34. The fraction of sp³-hybridized carbons (Fsp3) is 0.491. The molecule has 13 rings (SSSR count). The third-order valence-corrected chi connectivity index (χ3v) is 18.0. The van der Waals surface area contributed by atoms with Gasteiger partial charge in [0.15, 0.2) is 5.82 Å². The van der Waals surface area contributed by atoms with Gasteiger partial charge in [-0.1, -0.05) is 24.1 Å². The molecular weight excluding hydrogens is 957 g/mol. The van der Waals surface area contributed by atoms with E-state index < -0.39 is 17.6 Å². The minimum Gasteiger partial charge on any atom is -0.508 e. The van der Waals surface area contributed by atoms with Crippen LogP contribution in [-0.2, 0) is 21.4 Å². The lowest BCUT2D eigenvalue weighted by atomic mass is 9.59. The van der Waals surface area contributed by atoms with Gasteiger partial charge in [0.25, 0.3) is 0 Å². The number of nitrogens with zero attached hydrogens (tertiary/aromatic N) is 9. The molecule has 6 saturated heterocycles. The van der Waals surface area contributed by atoms with Crippen LogP contribution in [0.1, 0.15) is 99.3 Å². The number of imide groups is 1. The first-order valence-electron chi connectivity index (χ1n) is 26.9. The number of phenols is 1. The molecule has 1 aliphatic carbocycles. The van der Waals surface area contributed by atoms with Crippen LogP contribution in [0.15, 0.2) is 48.7 Å². The van der Waals surface area contributed by atoms with E-state index in [1.54, 1.807) is 0 Å². The van der Waals surface area contributed by atoms with Crippen LogP contribution in [-0.4, -0.2) is 145 Å². The molecule has 3 aromatic heterocycles. The van der Waals surface area contributed by atoms with Crippen molar-refractivity contribution in [2.75, 3.05) is 63.8 Å². The van der Waals surface area contributed by atoms with Crippen molar-refractivity contribution in [3.63, 3.8) is 0 Å². The second kappa shape index (κ2) is 18.8. The Kier molecular flexibility index (Phi) is 12.0. The van der Waals surface area contributed by atoms with Crippen LogP contribution in [0.4, 0.5) is 14.6 Å². The zero-order valence-corrected chi connectivity index (χ0v) is 42.2. The standard InChI is InChI=1S/C57H61F2N11O5/c1-3-40-45(58)10-5-34-22-38(71)24-43(49(34)40)52-50(59)53-44(27-60-52)54(70-28-35-6-7-36(29-70)61-35)64-56(63-53)75-39-14-17-67(30-39)31-48(73)69-20-15-57(16-21-69)25-37(26-57)68-18-12-32(13-19-68)33-4-8-41-46(23-33)66(2)65-51(41)42-9-11-47(72)62-55(42)74/h1,4-5,8,10,22-24,27,32,35-37,39,42,61,71H,6-7,9,11-21,25-26,28-31H2,2H3,(H,62,72,74). The molecule has 388 valence electrons. The minimum atomic E-state index is -0.764. The Morgan fingerprint density at radius 3 is 2.47 bits per heavy atom. The lowest BCUT2D eigenvalue weighted by Gasteiger charge is -2.56. The number of carbonyl (C=O) groups excluding carboxylic acids is 3. The number of halogens is 2. The van der Waals surface area contributed by atoms with Crippen LogP contribution in [0, 0.1) is 29.4 Å². The molecule has 1 spiro atoms. The normalized spacial score (nSPS) is 24.6. The number of hydrogen-bond donors (Lipinski definition) is 3. The molecule has 18 heteroatoms. The lowest BCUT2D eigenvalue weighted by Crippen LogP contribution is -2.57. The van der Waals surface area contributed by atoms with Crippen molar-refractivity contribution in [2.45, 2.75) is 107 Å². The first kappa shape index (κ1) is 47.9. The summed E-state index contributed by atoms with van der Waals surface area (Å²) in [7, 11) is 1.93. The number of aromatic nitrogens is 5. The van der Waals surface area contributed by atoms with Crippen LogP contribution in [0.5, 0.6) is 11.8 Å². The average Bonchev–Trinajstić information content (AvgIpc) is 4.11. The zero-order chi connectivity index (χ0) is 51.3. The van der Waals surface area contributed by atoms with Gasteiger partial charge in [0.2, 0.25) is 17.7 Å². The number of carbonyl (C=O) groups is 3. The Balaban J connectivity index is 0.627. The number of fused-ring (bicyclic) bond motifs is 5. The number of terminal acetylenes is 1. The molecule has 3 aromatic carbocycles. The fourth-order valence-electron chi connectivity index (χ4n) is 13.9. The molecule has 0 radical (unpaired) electrons. The van der Waals surface area contributed by atoms with E-state index in [1.165, 1.54) is 48.9 Å². The second-order valence-corrected chi connectivity index (χ2v) is 22.5. The number of anilines is 1. The maximum atomic E-state index is 17.2. The van der Waals surface area contributed by atoms with E-state index in [2.05, 4.69) is 59.4 Å². The van der Waals surface area contributed by atoms with E-state index in [1.807, 2.05) is 16.6 Å². The Bertz CT molecular complexity index is 3340. The molecule has 16 nitrogen and oxygen atoms in total. The van der Waals surface area contributed by atoms with Crippen LogP contribution < -0.4 is 20.3 Å². The number of piperidine rings is 3. The Morgan fingerprint density at radius 1 is 0.920 bits per heavy atom. The topological polar surface area (TPSA) is 174 Å². The van der Waals surface area contributed by atoms with Gasteiger partial charge in [0, 0.05) is 93.4 Å². The number of likely N-dealkylation sites (tertiary alicyclic amines) is 3. The van der Waals surface area contributed by atoms with E-state index in [0.717, 1.165) is 81.3 Å². The molecule has 9 heterocycles. The number of rotatable bonds is 9. The smallest absolute Gasteiger partial charge is 0.319 e. The molecule has 2 bridgehead atoms. The third kappa shape index (κ3) is 8.70. The van der Waals surface area contributed by atoms with Crippen LogP contribution in [0.2, 0.25) is 0 Å². The van der Waals surface area contributed by atoms with Crippen molar-refractivity contribution in [1.82, 2.24) is 50.1 Å². The van der Waals surface area contributed by atoms with Gasteiger partial charge in [-0.2, -0.15) is 15.1 Å². The summed E-state index contributed by atoms with van der Waals surface area (Å²) in [6.45, 7) is 6.49.